The smallest absolute Gasteiger partial charge is 0.157 e. The largest absolute Gasteiger partial charge is 0.370 e. The molecule has 112 valence electrons. The molecule has 1 N–H and O–H groups in total. The van der Waals surface area contributed by atoms with Crippen molar-refractivity contribution in [2.75, 3.05) is 13.2 Å². The molecule has 2 rings (SSSR count). The number of ether oxygens (including phenoxy) is 1. The Morgan fingerprint density at radius 2 is 1.85 bits per heavy atom. The number of aromatic nitrogens is 2. The third kappa shape index (κ3) is 3.55. The molecule has 20 heavy (non-hydrogen) atoms. The predicted octanol–water partition coefficient (Wildman–Crippen LogP) is 3.05. The van der Waals surface area contributed by atoms with Gasteiger partial charge in [0.25, 0.3) is 0 Å². The van der Waals surface area contributed by atoms with E-state index < -0.39 is 0 Å². The van der Waals surface area contributed by atoms with Crippen LogP contribution in [-0.4, -0.2) is 29.2 Å². The first-order valence-electron chi connectivity index (χ1n) is 7.69. The first-order valence-corrected chi connectivity index (χ1v) is 7.69. The fraction of sp³-hybridized carbons (Fsp3) is 0.750. The minimum Gasteiger partial charge on any atom is -0.370 e. The van der Waals surface area contributed by atoms with Gasteiger partial charge >= 0.3 is 0 Å². The standard InChI is InChI=1S/C16H27N3O/c1-10(2)17-9-11(3)15-12(4)18-16(19-13(15)5)14-7-6-8-20-14/h10-11,14,17H,6-9H2,1-5H3. The zero-order valence-electron chi connectivity index (χ0n) is 13.4. The molecule has 4 nitrogen and oxygen atoms in total. The summed E-state index contributed by atoms with van der Waals surface area (Å²) in [5.41, 5.74) is 3.47. The number of nitrogens with one attached hydrogen (secondary N) is 1. The average Bonchev–Trinajstić information content (AvgIpc) is 2.89. The van der Waals surface area contributed by atoms with E-state index in [4.69, 9.17) is 14.7 Å². The van der Waals surface area contributed by atoms with Gasteiger partial charge in [-0.1, -0.05) is 20.8 Å². The summed E-state index contributed by atoms with van der Waals surface area (Å²) in [4.78, 5) is 9.40. The minimum atomic E-state index is 0.102. The molecule has 1 aromatic rings. The van der Waals surface area contributed by atoms with Gasteiger partial charge in [0.15, 0.2) is 5.82 Å². The van der Waals surface area contributed by atoms with E-state index in [1.54, 1.807) is 0 Å². The van der Waals surface area contributed by atoms with Crippen LogP contribution in [0, 0.1) is 13.8 Å². The highest BCUT2D eigenvalue weighted by Gasteiger charge is 2.23. The molecule has 0 spiro atoms. The number of hydrogen-bond donors (Lipinski definition) is 1. The second-order valence-corrected chi connectivity index (χ2v) is 6.13. The second kappa shape index (κ2) is 6.64. The van der Waals surface area contributed by atoms with Crippen molar-refractivity contribution in [2.24, 2.45) is 0 Å². The highest BCUT2D eigenvalue weighted by Crippen LogP contribution is 2.28. The highest BCUT2D eigenvalue weighted by molar-refractivity contribution is 5.28. The summed E-state index contributed by atoms with van der Waals surface area (Å²) in [7, 11) is 0. The van der Waals surface area contributed by atoms with Crippen LogP contribution in [0.15, 0.2) is 0 Å². The molecular weight excluding hydrogens is 250 g/mol. The summed E-state index contributed by atoms with van der Waals surface area (Å²) in [6.07, 6.45) is 2.26. The van der Waals surface area contributed by atoms with Crippen molar-refractivity contribution < 1.29 is 4.74 Å². The van der Waals surface area contributed by atoms with E-state index >= 15 is 0 Å². The van der Waals surface area contributed by atoms with Gasteiger partial charge in [0.05, 0.1) is 0 Å². The molecular formula is C16H27N3O. The van der Waals surface area contributed by atoms with Gasteiger partial charge in [-0.15, -0.1) is 0 Å². The fourth-order valence-corrected chi connectivity index (χ4v) is 2.90. The molecule has 1 saturated heterocycles. The average molecular weight is 277 g/mol. The lowest BCUT2D eigenvalue weighted by Gasteiger charge is -2.20. The van der Waals surface area contributed by atoms with Gasteiger partial charge in [-0.05, 0) is 38.2 Å². The molecule has 0 aliphatic carbocycles. The van der Waals surface area contributed by atoms with E-state index in [1.165, 1.54) is 5.56 Å². The molecule has 0 aromatic carbocycles. The molecule has 2 atom stereocenters. The highest BCUT2D eigenvalue weighted by atomic mass is 16.5. The van der Waals surface area contributed by atoms with E-state index in [2.05, 4.69) is 39.9 Å². The lowest BCUT2D eigenvalue weighted by molar-refractivity contribution is 0.104. The van der Waals surface area contributed by atoms with Crippen LogP contribution in [0.4, 0.5) is 0 Å². The second-order valence-electron chi connectivity index (χ2n) is 6.13. The molecule has 0 amide bonds. The molecule has 4 heteroatoms. The molecule has 0 saturated carbocycles. The summed E-state index contributed by atoms with van der Waals surface area (Å²) in [6.45, 7) is 12.6. The zero-order valence-corrected chi connectivity index (χ0v) is 13.4. The van der Waals surface area contributed by atoms with Gasteiger partial charge in [0, 0.05) is 30.6 Å². The van der Waals surface area contributed by atoms with Crippen molar-refractivity contribution in [1.82, 2.24) is 15.3 Å². The molecule has 0 radical (unpaired) electrons. The minimum absolute atomic E-state index is 0.102. The molecule has 1 aromatic heterocycles. The van der Waals surface area contributed by atoms with Crippen molar-refractivity contribution >= 4 is 0 Å². The van der Waals surface area contributed by atoms with E-state index in [0.717, 1.165) is 43.2 Å². The van der Waals surface area contributed by atoms with Gasteiger partial charge in [-0.25, -0.2) is 9.97 Å². The summed E-state index contributed by atoms with van der Waals surface area (Å²) in [5, 5.41) is 3.49. The van der Waals surface area contributed by atoms with Gasteiger partial charge < -0.3 is 10.1 Å². The molecule has 2 unspecified atom stereocenters. The Bertz CT molecular complexity index is 430. The molecule has 2 heterocycles. The topological polar surface area (TPSA) is 47.0 Å². The quantitative estimate of drug-likeness (QED) is 0.898. The van der Waals surface area contributed by atoms with Crippen LogP contribution in [-0.2, 0) is 4.74 Å². The monoisotopic (exact) mass is 277 g/mol. The Labute approximate surface area is 122 Å². The van der Waals surface area contributed by atoms with Gasteiger partial charge in [-0.2, -0.15) is 0 Å². The Morgan fingerprint density at radius 1 is 1.20 bits per heavy atom. The van der Waals surface area contributed by atoms with Crippen molar-refractivity contribution in [3.05, 3.63) is 22.8 Å². The fourth-order valence-electron chi connectivity index (χ4n) is 2.90. The maximum Gasteiger partial charge on any atom is 0.157 e. The summed E-state index contributed by atoms with van der Waals surface area (Å²) in [5.74, 6) is 1.29. The normalized spacial score (nSPS) is 20.6. The SMILES string of the molecule is Cc1nc(C2CCCO2)nc(C)c1C(C)CNC(C)C. The van der Waals surface area contributed by atoms with Crippen LogP contribution < -0.4 is 5.32 Å². The van der Waals surface area contributed by atoms with Crippen LogP contribution >= 0.6 is 0 Å². The third-order valence-corrected chi connectivity index (χ3v) is 3.89. The van der Waals surface area contributed by atoms with Crippen molar-refractivity contribution in [3.8, 4) is 0 Å². The van der Waals surface area contributed by atoms with Gasteiger partial charge in [0.1, 0.15) is 6.10 Å². The first kappa shape index (κ1) is 15.4. The van der Waals surface area contributed by atoms with E-state index in [1.807, 2.05) is 0 Å². The van der Waals surface area contributed by atoms with Crippen LogP contribution in [0.25, 0.3) is 0 Å². The molecule has 1 fully saturated rings. The number of aryl methyl sites for hydroxylation is 2. The Balaban J connectivity index is 2.17. The Hall–Kier alpha value is -1.00. The van der Waals surface area contributed by atoms with Crippen LogP contribution in [0.1, 0.15) is 68.4 Å². The van der Waals surface area contributed by atoms with Crippen LogP contribution in [0.2, 0.25) is 0 Å². The zero-order chi connectivity index (χ0) is 14.7. The maximum absolute atomic E-state index is 5.69. The summed E-state index contributed by atoms with van der Waals surface area (Å²) < 4.78 is 5.69. The Morgan fingerprint density at radius 3 is 2.35 bits per heavy atom. The van der Waals surface area contributed by atoms with Crippen LogP contribution in [0.3, 0.4) is 0 Å². The molecule has 1 aliphatic rings. The third-order valence-electron chi connectivity index (χ3n) is 3.89. The van der Waals surface area contributed by atoms with E-state index in [9.17, 15) is 0 Å². The lowest BCUT2D eigenvalue weighted by Crippen LogP contribution is -2.28. The molecule has 1 aliphatic heterocycles. The predicted molar refractivity (Wildman–Crippen MR) is 81.0 cm³/mol. The summed E-state index contributed by atoms with van der Waals surface area (Å²) >= 11 is 0. The maximum atomic E-state index is 5.69. The lowest BCUT2D eigenvalue weighted by atomic mass is 9.97. The number of nitrogens with zero attached hydrogens (tertiary/aromatic N) is 2. The van der Waals surface area contributed by atoms with Gasteiger partial charge in [0.2, 0.25) is 0 Å². The number of hydrogen-bond acceptors (Lipinski definition) is 4. The molecule has 0 bridgehead atoms. The van der Waals surface area contributed by atoms with Crippen molar-refractivity contribution in [3.63, 3.8) is 0 Å². The van der Waals surface area contributed by atoms with Crippen molar-refractivity contribution in [1.29, 1.82) is 0 Å². The first-order chi connectivity index (χ1) is 9.49. The number of rotatable bonds is 5. The van der Waals surface area contributed by atoms with E-state index in [-0.39, 0.29) is 6.10 Å². The van der Waals surface area contributed by atoms with Crippen LogP contribution in [0.5, 0.6) is 0 Å². The Kier molecular flexibility index (Phi) is 5.11. The summed E-state index contributed by atoms with van der Waals surface area (Å²) in [6, 6.07) is 0.505. The van der Waals surface area contributed by atoms with Crippen molar-refractivity contribution in [2.45, 2.75) is 65.5 Å². The van der Waals surface area contributed by atoms with Gasteiger partial charge in [-0.3, -0.25) is 0 Å². The van der Waals surface area contributed by atoms with E-state index in [0.29, 0.717) is 12.0 Å².